The topological polar surface area (TPSA) is 89.3 Å². The van der Waals surface area contributed by atoms with E-state index in [0.29, 0.717) is 31.1 Å². The number of ether oxygens (including phenoxy) is 1. The van der Waals surface area contributed by atoms with Crippen LogP contribution in [0.15, 0.2) is 24.5 Å². The monoisotopic (exact) mass is 324 g/mol. The molecule has 0 aliphatic carbocycles. The maximum absolute atomic E-state index is 12.0. The lowest BCUT2D eigenvalue weighted by Crippen LogP contribution is -2.26. The van der Waals surface area contributed by atoms with Crippen molar-refractivity contribution in [3.63, 3.8) is 0 Å². The molecule has 7 nitrogen and oxygen atoms in total. The Bertz CT molecular complexity index is 645. The van der Waals surface area contributed by atoms with Crippen molar-refractivity contribution in [3.8, 4) is 5.75 Å². The summed E-state index contributed by atoms with van der Waals surface area (Å²) in [5, 5.41) is 20.7. The van der Waals surface area contributed by atoms with Crippen LogP contribution >= 0.6 is 11.6 Å². The molecule has 2 aromatic rings. The zero-order valence-electron chi connectivity index (χ0n) is 12.1. The molecule has 2 N–H and O–H groups in total. The van der Waals surface area contributed by atoms with Gasteiger partial charge >= 0.3 is 0 Å². The predicted molar refractivity (Wildman–Crippen MR) is 81.1 cm³/mol. The van der Waals surface area contributed by atoms with Crippen LogP contribution in [0.3, 0.4) is 0 Å². The van der Waals surface area contributed by atoms with Gasteiger partial charge in [0.2, 0.25) is 0 Å². The third-order valence-corrected chi connectivity index (χ3v) is 3.31. The van der Waals surface area contributed by atoms with Crippen LogP contribution in [0, 0.1) is 0 Å². The van der Waals surface area contributed by atoms with Crippen LogP contribution in [-0.2, 0) is 17.7 Å². The Labute approximate surface area is 132 Å². The molecule has 1 aromatic carbocycles. The number of rotatable bonds is 7. The van der Waals surface area contributed by atoms with E-state index >= 15 is 0 Å². The van der Waals surface area contributed by atoms with E-state index in [9.17, 15) is 9.90 Å². The first-order chi connectivity index (χ1) is 10.6. The lowest BCUT2D eigenvalue weighted by Gasteiger charge is -2.08. The summed E-state index contributed by atoms with van der Waals surface area (Å²) in [7, 11) is 1.63. The molecule has 2 rings (SSSR count). The van der Waals surface area contributed by atoms with E-state index < -0.39 is 0 Å². The fraction of sp³-hybridized carbons (Fsp3) is 0.357. The summed E-state index contributed by atoms with van der Waals surface area (Å²) in [6.45, 7) is 1.60. The van der Waals surface area contributed by atoms with Crippen molar-refractivity contribution < 1.29 is 14.6 Å². The Balaban J connectivity index is 1.88. The molecule has 1 amide bonds. The number of nitrogens with one attached hydrogen (secondary N) is 1. The molecule has 0 aliphatic heterocycles. The minimum Gasteiger partial charge on any atom is -0.507 e. The molecule has 0 fully saturated rings. The second kappa shape index (κ2) is 7.77. The average molecular weight is 325 g/mol. The number of hydrogen-bond acceptors (Lipinski definition) is 5. The van der Waals surface area contributed by atoms with Crippen molar-refractivity contribution >= 4 is 17.5 Å². The molecular weight excluding hydrogens is 308 g/mol. The Hall–Kier alpha value is -2.12. The van der Waals surface area contributed by atoms with Gasteiger partial charge in [0.1, 0.15) is 17.9 Å². The number of benzene rings is 1. The van der Waals surface area contributed by atoms with Gasteiger partial charge in [0.15, 0.2) is 0 Å². The first-order valence-corrected chi connectivity index (χ1v) is 7.12. The number of aromatic hydroxyl groups is 1. The molecular formula is C14H17ClN4O3. The SMILES string of the molecule is COCCn1cnnc1CCNC(=O)c1ccc(Cl)cc1O. The van der Waals surface area contributed by atoms with Gasteiger partial charge in [-0.25, -0.2) is 0 Å². The summed E-state index contributed by atoms with van der Waals surface area (Å²) in [6, 6.07) is 4.36. The van der Waals surface area contributed by atoms with Gasteiger partial charge in [0.25, 0.3) is 5.91 Å². The standard InChI is InChI=1S/C14H17ClN4O3/c1-22-7-6-19-9-17-18-13(19)4-5-16-14(21)11-3-2-10(15)8-12(11)20/h2-3,8-9,20H,4-7H2,1H3,(H,16,21). The van der Waals surface area contributed by atoms with E-state index in [4.69, 9.17) is 16.3 Å². The second-order valence-electron chi connectivity index (χ2n) is 4.60. The molecule has 0 saturated carbocycles. The van der Waals surface area contributed by atoms with Crippen LogP contribution in [-0.4, -0.2) is 46.0 Å². The van der Waals surface area contributed by atoms with Gasteiger partial charge in [-0.2, -0.15) is 0 Å². The van der Waals surface area contributed by atoms with E-state index in [0.717, 1.165) is 5.82 Å². The quantitative estimate of drug-likeness (QED) is 0.800. The largest absolute Gasteiger partial charge is 0.507 e. The number of aromatic nitrogens is 3. The van der Waals surface area contributed by atoms with Crippen molar-refractivity contribution in [2.45, 2.75) is 13.0 Å². The van der Waals surface area contributed by atoms with Crippen LogP contribution in [0.25, 0.3) is 0 Å². The van der Waals surface area contributed by atoms with Crippen LogP contribution in [0.4, 0.5) is 0 Å². The summed E-state index contributed by atoms with van der Waals surface area (Å²) >= 11 is 5.73. The zero-order valence-corrected chi connectivity index (χ0v) is 12.9. The molecule has 0 bridgehead atoms. The lowest BCUT2D eigenvalue weighted by molar-refractivity contribution is 0.0951. The number of carbonyl (C=O) groups is 1. The van der Waals surface area contributed by atoms with Crippen molar-refractivity contribution in [1.29, 1.82) is 0 Å². The summed E-state index contributed by atoms with van der Waals surface area (Å²) in [5.74, 6) is 0.253. The van der Waals surface area contributed by atoms with Gasteiger partial charge in [-0.05, 0) is 18.2 Å². The number of halogens is 1. The van der Waals surface area contributed by atoms with E-state index in [1.165, 1.54) is 12.1 Å². The smallest absolute Gasteiger partial charge is 0.255 e. The summed E-state index contributed by atoms with van der Waals surface area (Å²) in [6.07, 6.45) is 2.16. The lowest BCUT2D eigenvalue weighted by atomic mass is 10.2. The molecule has 118 valence electrons. The number of hydrogen-bond donors (Lipinski definition) is 2. The molecule has 8 heteroatoms. The average Bonchev–Trinajstić information content (AvgIpc) is 2.92. The Morgan fingerprint density at radius 2 is 2.32 bits per heavy atom. The van der Waals surface area contributed by atoms with Gasteiger partial charge in [0, 0.05) is 31.6 Å². The first-order valence-electron chi connectivity index (χ1n) is 6.74. The summed E-state index contributed by atoms with van der Waals surface area (Å²) in [4.78, 5) is 12.0. The molecule has 0 aliphatic rings. The Kier molecular flexibility index (Phi) is 5.74. The van der Waals surface area contributed by atoms with Crippen molar-refractivity contribution in [1.82, 2.24) is 20.1 Å². The maximum atomic E-state index is 12.0. The van der Waals surface area contributed by atoms with E-state index in [-0.39, 0.29) is 17.2 Å². The molecule has 0 radical (unpaired) electrons. The highest BCUT2D eigenvalue weighted by atomic mass is 35.5. The van der Waals surface area contributed by atoms with E-state index in [1.54, 1.807) is 19.5 Å². The summed E-state index contributed by atoms with van der Waals surface area (Å²) in [5.41, 5.74) is 0.185. The number of phenolic OH excluding ortho intramolecular Hbond substituents is 1. The Morgan fingerprint density at radius 1 is 1.50 bits per heavy atom. The van der Waals surface area contributed by atoms with Gasteiger partial charge < -0.3 is 19.7 Å². The third-order valence-electron chi connectivity index (χ3n) is 3.07. The van der Waals surface area contributed by atoms with Crippen LogP contribution in [0.5, 0.6) is 5.75 Å². The van der Waals surface area contributed by atoms with Crippen molar-refractivity contribution in [2.24, 2.45) is 0 Å². The highest BCUT2D eigenvalue weighted by molar-refractivity contribution is 6.30. The number of amides is 1. The van der Waals surface area contributed by atoms with Gasteiger partial charge in [-0.3, -0.25) is 4.79 Å². The highest BCUT2D eigenvalue weighted by Gasteiger charge is 2.11. The minimum atomic E-state index is -0.364. The maximum Gasteiger partial charge on any atom is 0.255 e. The zero-order chi connectivity index (χ0) is 15.9. The molecule has 0 atom stereocenters. The number of carbonyl (C=O) groups excluding carboxylic acids is 1. The fourth-order valence-electron chi connectivity index (χ4n) is 1.93. The molecule has 0 unspecified atom stereocenters. The van der Waals surface area contributed by atoms with Crippen molar-refractivity contribution in [3.05, 3.63) is 40.9 Å². The van der Waals surface area contributed by atoms with Crippen molar-refractivity contribution in [2.75, 3.05) is 20.3 Å². The van der Waals surface area contributed by atoms with Crippen LogP contribution < -0.4 is 5.32 Å². The van der Waals surface area contributed by atoms with E-state index in [1.807, 2.05) is 4.57 Å². The van der Waals surface area contributed by atoms with Gasteiger partial charge in [0.05, 0.1) is 12.2 Å². The molecule has 0 spiro atoms. The van der Waals surface area contributed by atoms with Gasteiger partial charge in [-0.15, -0.1) is 10.2 Å². The Morgan fingerprint density at radius 3 is 3.05 bits per heavy atom. The van der Waals surface area contributed by atoms with Crippen LogP contribution in [0.2, 0.25) is 5.02 Å². The third kappa shape index (κ3) is 4.19. The molecule has 1 heterocycles. The minimum absolute atomic E-state index is 0.145. The first kappa shape index (κ1) is 16.3. The van der Waals surface area contributed by atoms with Gasteiger partial charge in [-0.1, -0.05) is 11.6 Å². The van der Waals surface area contributed by atoms with Crippen LogP contribution in [0.1, 0.15) is 16.2 Å². The normalized spacial score (nSPS) is 10.6. The molecule has 1 aromatic heterocycles. The molecule has 22 heavy (non-hydrogen) atoms. The summed E-state index contributed by atoms with van der Waals surface area (Å²) < 4.78 is 6.88. The van der Waals surface area contributed by atoms with E-state index in [2.05, 4.69) is 15.5 Å². The second-order valence-corrected chi connectivity index (χ2v) is 5.04. The fourth-order valence-corrected chi connectivity index (χ4v) is 2.10. The number of phenols is 1. The number of methoxy groups -OCH3 is 1. The highest BCUT2D eigenvalue weighted by Crippen LogP contribution is 2.21. The number of nitrogens with zero attached hydrogens (tertiary/aromatic N) is 3. The molecule has 0 saturated heterocycles. The predicted octanol–water partition coefficient (Wildman–Crippen LogP) is 1.26.